The Balaban J connectivity index is 3.02. The summed E-state index contributed by atoms with van der Waals surface area (Å²) in [6.07, 6.45) is 0. The summed E-state index contributed by atoms with van der Waals surface area (Å²) in [4.78, 5) is 22.2. The van der Waals surface area contributed by atoms with Crippen molar-refractivity contribution in [1.29, 1.82) is 0 Å². The van der Waals surface area contributed by atoms with Gasteiger partial charge in [-0.2, -0.15) is 0 Å². The highest BCUT2D eigenvalue weighted by Crippen LogP contribution is 2.35. The van der Waals surface area contributed by atoms with Gasteiger partial charge in [-0.3, -0.25) is 4.79 Å². The number of amides is 1. The van der Waals surface area contributed by atoms with Gasteiger partial charge in [-0.15, -0.1) is 0 Å². The second-order valence-electron chi connectivity index (χ2n) is 3.24. The molecule has 0 fully saturated rings. The molecular weight excluding hydrogens is 306 g/mol. The average Bonchev–Trinajstić information content (AvgIpc) is 2.36. The van der Waals surface area contributed by atoms with Gasteiger partial charge in [-0.1, -0.05) is 0 Å². The van der Waals surface area contributed by atoms with Gasteiger partial charge in [0.1, 0.15) is 16.0 Å². The molecule has 0 aliphatic rings. The van der Waals surface area contributed by atoms with Gasteiger partial charge in [0.25, 0.3) is 5.91 Å². The third-order valence-electron chi connectivity index (χ3n) is 2.03. The number of hydrogen-bond donors (Lipinski definition) is 1. The predicted octanol–water partition coefficient (Wildman–Crippen LogP) is 1.11. The van der Waals surface area contributed by atoms with Crippen LogP contribution in [0.4, 0.5) is 0 Å². The van der Waals surface area contributed by atoms with Crippen LogP contribution in [0.25, 0.3) is 0 Å². The Hall–Kier alpha value is -1.76. The minimum absolute atomic E-state index is 0.202. The lowest BCUT2D eigenvalue weighted by Gasteiger charge is -2.10. The van der Waals surface area contributed by atoms with E-state index < -0.39 is 18.5 Å². The second kappa shape index (κ2) is 6.25. The Bertz CT molecular complexity index is 449. The van der Waals surface area contributed by atoms with Gasteiger partial charge in [0.05, 0.1) is 19.8 Å². The highest BCUT2D eigenvalue weighted by Gasteiger charge is 2.16. The van der Waals surface area contributed by atoms with Crippen LogP contribution in [-0.2, 0) is 9.53 Å². The number of nitrogens with two attached hydrogens (primary N) is 1. The number of carbonyl (C=O) groups excluding carboxylic acids is 2. The average molecular weight is 318 g/mol. The number of carbonyl (C=O) groups is 2. The Morgan fingerprint density at radius 3 is 2.11 bits per heavy atom. The summed E-state index contributed by atoms with van der Waals surface area (Å²) in [5.74, 6) is -0.571. The predicted molar refractivity (Wildman–Crippen MR) is 66.7 cm³/mol. The van der Waals surface area contributed by atoms with Crippen molar-refractivity contribution < 1.29 is 23.8 Å². The second-order valence-corrected chi connectivity index (χ2v) is 4.03. The SMILES string of the molecule is COc1cc(C(=O)OCC(N)=O)cc(OC)c1Br. The summed E-state index contributed by atoms with van der Waals surface area (Å²) in [7, 11) is 2.91. The van der Waals surface area contributed by atoms with Crippen molar-refractivity contribution in [3.05, 3.63) is 22.2 Å². The van der Waals surface area contributed by atoms with Crippen molar-refractivity contribution in [2.45, 2.75) is 0 Å². The fourth-order valence-corrected chi connectivity index (χ4v) is 1.76. The molecule has 0 radical (unpaired) electrons. The number of ether oxygens (including phenoxy) is 3. The van der Waals surface area contributed by atoms with Crippen LogP contribution >= 0.6 is 15.9 Å². The fourth-order valence-electron chi connectivity index (χ4n) is 1.21. The molecule has 98 valence electrons. The van der Waals surface area contributed by atoms with Crippen LogP contribution in [0.2, 0.25) is 0 Å². The molecule has 0 aromatic heterocycles. The van der Waals surface area contributed by atoms with Crippen LogP contribution in [0.3, 0.4) is 0 Å². The zero-order valence-electron chi connectivity index (χ0n) is 9.86. The van der Waals surface area contributed by atoms with E-state index >= 15 is 0 Å². The minimum atomic E-state index is -0.723. The summed E-state index contributed by atoms with van der Waals surface area (Å²) < 4.78 is 15.4. The van der Waals surface area contributed by atoms with E-state index in [1.165, 1.54) is 26.4 Å². The van der Waals surface area contributed by atoms with E-state index in [0.29, 0.717) is 16.0 Å². The third kappa shape index (κ3) is 3.36. The lowest BCUT2D eigenvalue weighted by molar-refractivity contribution is -0.121. The topological polar surface area (TPSA) is 87.9 Å². The number of hydrogen-bond acceptors (Lipinski definition) is 5. The third-order valence-corrected chi connectivity index (χ3v) is 2.81. The van der Waals surface area contributed by atoms with Crippen molar-refractivity contribution in [3.63, 3.8) is 0 Å². The molecule has 18 heavy (non-hydrogen) atoms. The first kappa shape index (κ1) is 14.3. The Morgan fingerprint density at radius 2 is 1.72 bits per heavy atom. The molecule has 0 aliphatic carbocycles. The number of benzene rings is 1. The molecular formula is C11H12BrNO5. The molecule has 0 spiro atoms. The Labute approximate surface area is 112 Å². The van der Waals surface area contributed by atoms with Crippen LogP contribution in [0.5, 0.6) is 11.5 Å². The van der Waals surface area contributed by atoms with E-state index in [1.54, 1.807) is 0 Å². The summed E-state index contributed by atoms with van der Waals surface area (Å²) in [5.41, 5.74) is 5.08. The molecule has 6 nitrogen and oxygen atoms in total. The number of primary amides is 1. The fraction of sp³-hybridized carbons (Fsp3) is 0.273. The quantitative estimate of drug-likeness (QED) is 0.822. The van der Waals surface area contributed by atoms with Gasteiger partial charge in [0.2, 0.25) is 0 Å². The molecule has 1 amide bonds. The summed E-state index contributed by atoms with van der Waals surface area (Å²) in [6.45, 7) is -0.473. The Morgan fingerprint density at radius 1 is 1.22 bits per heavy atom. The molecule has 0 atom stereocenters. The number of esters is 1. The van der Waals surface area contributed by atoms with Gasteiger partial charge < -0.3 is 19.9 Å². The molecule has 0 bridgehead atoms. The van der Waals surface area contributed by atoms with Crippen molar-refractivity contribution in [2.24, 2.45) is 5.73 Å². The molecule has 7 heteroatoms. The monoisotopic (exact) mass is 317 g/mol. The van der Waals surface area contributed by atoms with Crippen molar-refractivity contribution >= 4 is 27.8 Å². The summed E-state index contributed by atoms with van der Waals surface area (Å²) in [6, 6.07) is 2.94. The molecule has 1 aromatic rings. The minimum Gasteiger partial charge on any atom is -0.495 e. The van der Waals surface area contributed by atoms with Gasteiger partial charge in [0.15, 0.2) is 6.61 Å². The molecule has 0 saturated carbocycles. The van der Waals surface area contributed by atoms with Crippen LogP contribution in [0.1, 0.15) is 10.4 Å². The zero-order chi connectivity index (χ0) is 13.7. The first-order valence-electron chi connectivity index (χ1n) is 4.86. The van der Waals surface area contributed by atoms with E-state index in [0.717, 1.165) is 0 Å². The zero-order valence-corrected chi connectivity index (χ0v) is 11.4. The van der Waals surface area contributed by atoms with E-state index in [4.69, 9.17) is 15.2 Å². The van der Waals surface area contributed by atoms with Crippen LogP contribution in [0.15, 0.2) is 16.6 Å². The standard InChI is InChI=1S/C11H12BrNO5/c1-16-7-3-6(4-8(17-2)10(7)12)11(15)18-5-9(13)14/h3-4H,5H2,1-2H3,(H2,13,14). The maximum Gasteiger partial charge on any atom is 0.338 e. The number of halogens is 1. The first-order valence-corrected chi connectivity index (χ1v) is 5.65. The van der Waals surface area contributed by atoms with E-state index in [-0.39, 0.29) is 5.56 Å². The molecule has 1 rings (SSSR count). The van der Waals surface area contributed by atoms with Gasteiger partial charge in [-0.05, 0) is 28.1 Å². The van der Waals surface area contributed by atoms with Crippen molar-refractivity contribution in [3.8, 4) is 11.5 Å². The smallest absolute Gasteiger partial charge is 0.338 e. The molecule has 1 aromatic carbocycles. The summed E-state index contributed by atoms with van der Waals surface area (Å²) in [5, 5.41) is 0. The van der Waals surface area contributed by atoms with Gasteiger partial charge in [0, 0.05) is 0 Å². The van der Waals surface area contributed by atoms with Gasteiger partial charge in [-0.25, -0.2) is 4.79 Å². The molecule has 0 heterocycles. The molecule has 0 saturated heterocycles. The molecule has 0 unspecified atom stereocenters. The lowest BCUT2D eigenvalue weighted by atomic mass is 10.2. The van der Waals surface area contributed by atoms with Crippen LogP contribution < -0.4 is 15.2 Å². The van der Waals surface area contributed by atoms with Crippen molar-refractivity contribution in [2.75, 3.05) is 20.8 Å². The number of rotatable bonds is 5. The Kier molecular flexibility index (Phi) is 4.96. The number of methoxy groups -OCH3 is 2. The van der Waals surface area contributed by atoms with Crippen LogP contribution in [-0.4, -0.2) is 32.7 Å². The van der Waals surface area contributed by atoms with Crippen molar-refractivity contribution in [1.82, 2.24) is 0 Å². The first-order chi connectivity index (χ1) is 8.49. The van der Waals surface area contributed by atoms with E-state index in [2.05, 4.69) is 20.7 Å². The summed E-state index contributed by atoms with van der Waals surface area (Å²) >= 11 is 3.27. The van der Waals surface area contributed by atoms with Gasteiger partial charge >= 0.3 is 5.97 Å². The lowest BCUT2D eigenvalue weighted by Crippen LogP contribution is -2.21. The van der Waals surface area contributed by atoms with E-state index in [1.807, 2.05) is 0 Å². The largest absolute Gasteiger partial charge is 0.495 e. The maximum absolute atomic E-state index is 11.6. The van der Waals surface area contributed by atoms with E-state index in [9.17, 15) is 9.59 Å². The maximum atomic E-state index is 11.6. The highest BCUT2D eigenvalue weighted by atomic mass is 79.9. The molecule has 2 N–H and O–H groups in total. The normalized spacial score (nSPS) is 9.72. The highest BCUT2D eigenvalue weighted by molar-refractivity contribution is 9.10. The molecule has 0 aliphatic heterocycles. The van der Waals surface area contributed by atoms with Crippen LogP contribution in [0, 0.1) is 0 Å².